The summed E-state index contributed by atoms with van der Waals surface area (Å²) in [5, 5.41) is -0.685. The van der Waals surface area contributed by atoms with Crippen LogP contribution in [0.4, 0.5) is 30.7 Å². The fraction of sp³-hybridized carbons (Fsp3) is 0.444. The van der Waals surface area contributed by atoms with Gasteiger partial charge in [0.15, 0.2) is 5.76 Å². The predicted octanol–water partition coefficient (Wildman–Crippen LogP) is 3.89. The lowest BCUT2D eigenvalue weighted by Crippen LogP contribution is -2.50. The minimum atomic E-state index is -6.51. The molecular weight excluding hydrogens is 309 g/mol. The third kappa shape index (κ3) is 2.43. The molecule has 10 heteroatoms. The van der Waals surface area contributed by atoms with Gasteiger partial charge in [-0.05, 0) is 6.92 Å². The SMILES string of the molecule is Cc1oc(C(F)(F)C(F)(F)C(F)(F)F)cc(=O)c1Cl. The topological polar surface area (TPSA) is 30.2 Å². The largest absolute Gasteiger partial charge is 0.460 e. The summed E-state index contributed by atoms with van der Waals surface area (Å²) in [5.74, 6) is -14.9. The van der Waals surface area contributed by atoms with E-state index in [9.17, 15) is 35.5 Å². The number of aryl methyl sites for hydroxylation is 1. The lowest BCUT2D eigenvalue weighted by Gasteiger charge is -2.27. The summed E-state index contributed by atoms with van der Waals surface area (Å²) in [5.41, 5.74) is -1.35. The highest BCUT2D eigenvalue weighted by Crippen LogP contribution is 2.51. The van der Waals surface area contributed by atoms with Crippen molar-refractivity contribution >= 4 is 11.6 Å². The molecule has 0 saturated carbocycles. The van der Waals surface area contributed by atoms with E-state index in [0.29, 0.717) is 0 Å². The first-order chi connectivity index (χ1) is 8.32. The van der Waals surface area contributed by atoms with Crippen LogP contribution in [0.1, 0.15) is 11.5 Å². The van der Waals surface area contributed by atoms with Crippen LogP contribution in [0.2, 0.25) is 5.02 Å². The summed E-state index contributed by atoms with van der Waals surface area (Å²) in [7, 11) is 0. The average Bonchev–Trinajstić information content (AvgIpc) is 2.23. The monoisotopic (exact) mass is 312 g/mol. The molecule has 0 fully saturated rings. The van der Waals surface area contributed by atoms with Crippen molar-refractivity contribution in [1.82, 2.24) is 0 Å². The molecule has 0 unspecified atom stereocenters. The Morgan fingerprint density at radius 3 is 1.95 bits per heavy atom. The van der Waals surface area contributed by atoms with Crippen molar-refractivity contribution in [2.45, 2.75) is 24.9 Å². The highest BCUT2D eigenvalue weighted by Gasteiger charge is 2.75. The molecule has 108 valence electrons. The molecule has 0 saturated heterocycles. The zero-order valence-electron chi connectivity index (χ0n) is 8.92. The van der Waals surface area contributed by atoms with Gasteiger partial charge in [0.1, 0.15) is 10.8 Å². The summed E-state index contributed by atoms with van der Waals surface area (Å²) < 4.78 is 91.6. The minimum Gasteiger partial charge on any atom is -0.458 e. The van der Waals surface area contributed by atoms with E-state index >= 15 is 0 Å². The quantitative estimate of drug-likeness (QED) is 0.776. The van der Waals surface area contributed by atoms with E-state index in [1.807, 2.05) is 0 Å². The van der Waals surface area contributed by atoms with E-state index in [2.05, 4.69) is 4.42 Å². The van der Waals surface area contributed by atoms with Crippen LogP contribution in [-0.4, -0.2) is 12.1 Å². The molecule has 0 aromatic carbocycles. The summed E-state index contributed by atoms with van der Waals surface area (Å²) in [6, 6.07) is -0.199. The Hall–Kier alpha value is -1.25. The third-order valence-corrected chi connectivity index (χ3v) is 2.56. The molecule has 0 aliphatic rings. The Kier molecular flexibility index (Phi) is 3.66. The second-order valence-electron chi connectivity index (χ2n) is 3.49. The molecule has 0 amide bonds. The molecule has 0 bridgehead atoms. The van der Waals surface area contributed by atoms with Gasteiger partial charge in [0, 0.05) is 6.07 Å². The van der Waals surface area contributed by atoms with Gasteiger partial charge >= 0.3 is 18.0 Å². The normalized spacial score (nSPS) is 13.7. The van der Waals surface area contributed by atoms with Gasteiger partial charge in [-0.1, -0.05) is 11.6 Å². The Morgan fingerprint density at radius 2 is 1.58 bits per heavy atom. The lowest BCUT2D eigenvalue weighted by atomic mass is 10.1. The van der Waals surface area contributed by atoms with E-state index in [-0.39, 0.29) is 6.07 Å². The number of hydrogen-bond acceptors (Lipinski definition) is 2. The molecule has 1 rings (SSSR count). The van der Waals surface area contributed by atoms with Gasteiger partial charge in [-0.15, -0.1) is 0 Å². The van der Waals surface area contributed by atoms with Gasteiger partial charge in [-0.25, -0.2) is 0 Å². The fourth-order valence-electron chi connectivity index (χ4n) is 1.08. The van der Waals surface area contributed by atoms with Crippen LogP contribution in [0.3, 0.4) is 0 Å². The molecule has 0 N–H and O–H groups in total. The first-order valence-electron chi connectivity index (χ1n) is 4.45. The Balaban J connectivity index is 3.48. The van der Waals surface area contributed by atoms with Gasteiger partial charge in [-0.2, -0.15) is 30.7 Å². The van der Waals surface area contributed by atoms with Crippen molar-refractivity contribution in [1.29, 1.82) is 0 Å². The summed E-state index contributed by atoms with van der Waals surface area (Å²) in [6.07, 6.45) is -6.51. The van der Waals surface area contributed by atoms with Gasteiger partial charge in [0.05, 0.1) is 0 Å². The summed E-state index contributed by atoms with van der Waals surface area (Å²) >= 11 is 5.24. The van der Waals surface area contributed by atoms with Crippen molar-refractivity contribution in [3.8, 4) is 0 Å². The number of halogens is 8. The van der Waals surface area contributed by atoms with E-state index in [4.69, 9.17) is 11.6 Å². The van der Waals surface area contributed by atoms with Crippen LogP contribution in [0.15, 0.2) is 15.3 Å². The molecule has 0 aliphatic carbocycles. The fourth-order valence-corrected chi connectivity index (χ4v) is 1.18. The smallest absolute Gasteiger partial charge is 0.458 e. The van der Waals surface area contributed by atoms with E-state index in [0.717, 1.165) is 6.92 Å². The van der Waals surface area contributed by atoms with Gasteiger partial charge in [0.25, 0.3) is 0 Å². The van der Waals surface area contributed by atoms with Gasteiger partial charge in [0.2, 0.25) is 5.43 Å². The zero-order valence-corrected chi connectivity index (χ0v) is 9.67. The van der Waals surface area contributed by atoms with E-state index in [1.165, 1.54) is 0 Å². The second kappa shape index (κ2) is 4.39. The first kappa shape index (κ1) is 15.8. The third-order valence-electron chi connectivity index (χ3n) is 2.11. The number of hydrogen-bond donors (Lipinski definition) is 0. The highest BCUT2D eigenvalue weighted by atomic mass is 35.5. The van der Waals surface area contributed by atoms with Crippen LogP contribution >= 0.6 is 11.6 Å². The summed E-state index contributed by atoms with van der Waals surface area (Å²) in [6.45, 7) is 0.870. The van der Waals surface area contributed by atoms with Crippen molar-refractivity contribution in [2.24, 2.45) is 0 Å². The molecule has 19 heavy (non-hydrogen) atoms. The summed E-state index contributed by atoms with van der Waals surface area (Å²) in [4.78, 5) is 11.0. The van der Waals surface area contributed by atoms with Crippen molar-refractivity contribution in [3.05, 3.63) is 32.8 Å². The molecule has 0 spiro atoms. The van der Waals surface area contributed by atoms with E-state index in [1.54, 1.807) is 0 Å². The average molecular weight is 313 g/mol. The Morgan fingerprint density at radius 1 is 1.11 bits per heavy atom. The standard InChI is InChI=1S/C9H4ClF7O2/c1-3-6(10)4(18)2-5(19-3)7(11,12)8(13,14)9(15,16)17/h2H,1H3. The maximum Gasteiger partial charge on any atom is 0.460 e. The molecule has 1 aromatic rings. The Bertz CT molecular complexity index is 546. The van der Waals surface area contributed by atoms with Crippen LogP contribution in [0.25, 0.3) is 0 Å². The Labute approximate surface area is 105 Å². The van der Waals surface area contributed by atoms with E-state index < -0.39 is 40.0 Å². The maximum absolute atomic E-state index is 13.2. The first-order valence-corrected chi connectivity index (χ1v) is 4.83. The van der Waals surface area contributed by atoms with Gasteiger partial charge < -0.3 is 4.42 Å². The predicted molar refractivity (Wildman–Crippen MR) is 49.6 cm³/mol. The molecule has 1 heterocycles. The minimum absolute atomic E-state index is 0.199. The van der Waals surface area contributed by atoms with Crippen molar-refractivity contribution in [2.75, 3.05) is 0 Å². The van der Waals surface area contributed by atoms with Crippen LogP contribution in [0.5, 0.6) is 0 Å². The van der Waals surface area contributed by atoms with Crippen LogP contribution in [-0.2, 0) is 5.92 Å². The van der Waals surface area contributed by atoms with Crippen LogP contribution < -0.4 is 5.43 Å². The lowest BCUT2D eigenvalue weighted by molar-refractivity contribution is -0.363. The molecule has 0 aliphatic heterocycles. The zero-order chi connectivity index (χ0) is 15.2. The second-order valence-corrected chi connectivity index (χ2v) is 3.87. The van der Waals surface area contributed by atoms with Gasteiger partial charge in [-0.3, -0.25) is 4.79 Å². The molecule has 2 nitrogen and oxygen atoms in total. The van der Waals surface area contributed by atoms with Crippen LogP contribution in [0, 0.1) is 6.92 Å². The highest BCUT2D eigenvalue weighted by molar-refractivity contribution is 6.30. The maximum atomic E-state index is 13.2. The van der Waals surface area contributed by atoms with Crippen molar-refractivity contribution in [3.63, 3.8) is 0 Å². The molecule has 0 atom stereocenters. The molecule has 1 aromatic heterocycles. The van der Waals surface area contributed by atoms with Crippen molar-refractivity contribution < 1.29 is 35.2 Å². The molecule has 0 radical (unpaired) electrons. The number of alkyl halides is 7. The molecular formula is C9H4ClF7O2. The number of rotatable bonds is 2.